The molecule has 0 aromatic heterocycles. The van der Waals surface area contributed by atoms with Crippen molar-refractivity contribution in [1.82, 2.24) is 5.32 Å². The van der Waals surface area contributed by atoms with Gasteiger partial charge in [-0.15, -0.1) is 0 Å². The van der Waals surface area contributed by atoms with E-state index in [-0.39, 0.29) is 18.7 Å². The molecule has 5 heteroatoms. The van der Waals surface area contributed by atoms with Crippen LogP contribution in [0.3, 0.4) is 0 Å². The Morgan fingerprint density at radius 2 is 2.21 bits per heavy atom. The second-order valence-electron chi connectivity index (χ2n) is 4.22. The Hall–Kier alpha value is -1.70. The zero-order chi connectivity index (χ0) is 14.3. The van der Waals surface area contributed by atoms with Gasteiger partial charge in [-0.3, -0.25) is 0 Å². The van der Waals surface area contributed by atoms with Crippen LogP contribution in [0.25, 0.3) is 0 Å². The molecule has 3 N–H and O–H groups in total. The van der Waals surface area contributed by atoms with Crippen LogP contribution >= 0.6 is 11.6 Å². The summed E-state index contributed by atoms with van der Waals surface area (Å²) in [5, 5.41) is 14.5. The van der Waals surface area contributed by atoms with Crippen LogP contribution in [0, 0.1) is 11.8 Å². The second kappa shape index (κ2) is 7.67. The van der Waals surface area contributed by atoms with Crippen molar-refractivity contribution in [3.63, 3.8) is 0 Å². The number of nitrogens with one attached hydrogen (secondary N) is 2. The van der Waals surface area contributed by atoms with E-state index in [1.54, 1.807) is 18.2 Å². The first kappa shape index (κ1) is 15.4. The monoisotopic (exact) mass is 280 g/mol. The predicted octanol–water partition coefficient (Wildman–Crippen LogP) is 2.60. The number of anilines is 1. The van der Waals surface area contributed by atoms with Crippen LogP contribution in [0.1, 0.15) is 25.8 Å². The normalized spacial score (nSPS) is 9.74. The quantitative estimate of drug-likeness (QED) is 0.745. The lowest BCUT2D eigenvalue weighted by molar-refractivity contribution is 0.250. The van der Waals surface area contributed by atoms with E-state index in [4.69, 9.17) is 16.7 Å². The molecule has 0 aliphatic heterocycles. The largest absolute Gasteiger partial charge is 0.395 e. The maximum absolute atomic E-state index is 11.6. The van der Waals surface area contributed by atoms with Gasteiger partial charge < -0.3 is 15.7 Å². The summed E-state index contributed by atoms with van der Waals surface area (Å²) >= 11 is 6.01. The number of carbonyl (C=O) groups is 1. The first-order valence-corrected chi connectivity index (χ1v) is 6.37. The SMILES string of the molecule is CC(C)NC(=O)Nc1cc(C#CCCO)ccc1Cl. The van der Waals surface area contributed by atoms with Gasteiger partial charge in [0.1, 0.15) is 0 Å². The highest BCUT2D eigenvalue weighted by Crippen LogP contribution is 2.22. The van der Waals surface area contributed by atoms with Crippen molar-refractivity contribution < 1.29 is 9.90 Å². The minimum absolute atomic E-state index is 0.0302. The Morgan fingerprint density at radius 1 is 1.47 bits per heavy atom. The molecule has 19 heavy (non-hydrogen) atoms. The maximum Gasteiger partial charge on any atom is 0.319 e. The van der Waals surface area contributed by atoms with Gasteiger partial charge in [0.2, 0.25) is 0 Å². The lowest BCUT2D eigenvalue weighted by atomic mass is 10.2. The van der Waals surface area contributed by atoms with Gasteiger partial charge in [-0.2, -0.15) is 0 Å². The standard InChI is InChI=1S/C14H17ClN2O2/c1-10(2)16-14(19)17-13-9-11(5-3-4-8-18)6-7-12(13)15/h6-7,9-10,18H,4,8H2,1-2H3,(H2,16,17,19). The van der Waals surface area contributed by atoms with Gasteiger partial charge in [-0.25, -0.2) is 4.79 Å². The number of rotatable bonds is 3. The molecule has 0 heterocycles. The lowest BCUT2D eigenvalue weighted by Crippen LogP contribution is -2.34. The van der Waals surface area contributed by atoms with Gasteiger partial charge >= 0.3 is 6.03 Å². The number of hydrogen-bond acceptors (Lipinski definition) is 2. The third-order valence-corrected chi connectivity index (χ3v) is 2.43. The number of aliphatic hydroxyl groups is 1. The number of hydrogen-bond donors (Lipinski definition) is 3. The molecule has 0 aliphatic carbocycles. The molecule has 1 aromatic carbocycles. The highest BCUT2D eigenvalue weighted by molar-refractivity contribution is 6.33. The Bertz CT molecular complexity index is 504. The summed E-state index contributed by atoms with van der Waals surface area (Å²) in [6.45, 7) is 3.78. The molecular weight excluding hydrogens is 264 g/mol. The molecular formula is C14H17ClN2O2. The van der Waals surface area contributed by atoms with Gasteiger partial charge in [0.05, 0.1) is 17.3 Å². The fourth-order valence-corrected chi connectivity index (χ4v) is 1.50. The highest BCUT2D eigenvalue weighted by atomic mass is 35.5. The summed E-state index contributed by atoms with van der Waals surface area (Å²) in [5.74, 6) is 5.70. The zero-order valence-corrected chi connectivity index (χ0v) is 11.7. The van der Waals surface area contributed by atoms with E-state index in [9.17, 15) is 4.79 Å². The molecule has 0 saturated heterocycles. The molecule has 0 aliphatic rings. The smallest absolute Gasteiger partial charge is 0.319 e. The molecule has 0 unspecified atom stereocenters. The lowest BCUT2D eigenvalue weighted by Gasteiger charge is -2.11. The first-order valence-electron chi connectivity index (χ1n) is 5.99. The van der Waals surface area contributed by atoms with E-state index >= 15 is 0 Å². The van der Waals surface area contributed by atoms with E-state index in [2.05, 4.69) is 22.5 Å². The molecule has 1 aromatic rings. The molecule has 102 valence electrons. The first-order chi connectivity index (χ1) is 9.02. The van der Waals surface area contributed by atoms with Crippen molar-refractivity contribution in [2.24, 2.45) is 0 Å². The Balaban J connectivity index is 2.80. The van der Waals surface area contributed by atoms with Crippen LogP contribution in [-0.2, 0) is 0 Å². The maximum atomic E-state index is 11.6. The number of aliphatic hydroxyl groups excluding tert-OH is 1. The Kier molecular flexibility index (Phi) is 6.20. The second-order valence-corrected chi connectivity index (χ2v) is 4.63. The average molecular weight is 281 g/mol. The van der Waals surface area contributed by atoms with Crippen molar-refractivity contribution >= 4 is 23.3 Å². The number of benzene rings is 1. The number of urea groups is 1. The molecule has 4 nitrogen and oxygen atoms in total. The third-order valence-electron chi connectivity index (χ3n) is 2.10. The third kappa shape index (κ3) is 5.64. The molecule has 0 radical (unpaired) electrons. The fourth-order valence-electron chi connectivity index (χ4n) is 1.34. The molecule has 1 rings (SSSR count). The van der Waals surface area contributed by atoms with Crippen molar-refractivity contribution in [2.75, 3.05) is 11.9 Å². The summed E-state index contributed by atoms with van der Waals surface area (Å²) in [5.41, 5.74) is 1.24. The number of amides is 2. The topological polar surface area (TPSA) is 61.4 Å². The Labute approximate surface area is 118 Å². The van der Waals surface area contributed by atoms with E-state index < -0.39 is 0 Å². The zero-order valence-electron chi connectivity index (χ0n) is 11.0. The Morgan fingerprint density at radius 3 is 2.84 bits per heavy atom. The van der Waals surface area contributed by atoms with Crippen LogP contribution in [0.4, 0.5) is 10.5 Å². The van der Waals surface area contributed by atoms with Gasteiger partial charge in [-0.1, -0.05) is 23.4 Å². The van der Waals surface area contributed by atoms with E-state index in [0.29, 0.717) is 17.1 Å². The number of carbonyl (C=O) groups excluding carboxylic acids is 1. The highest BCUT2D eigenvalue weighted by Gasteiger charge is 2.06. The van der Waals surface area contributed by atoms with Crippen LogP contribution in [0.15, 0.2) is 18.2 Å². The number of halogens is 1. The van der Waals surface area contributed by atoms with Crippen molar-refractivity contribution in [3.8, 4) is 11.8 Å². The predicted molar refractivity (Wildman–Crippen MR) is 77.3 cm³/mol. The average Bonchev–Trinajstić information content (AvgIpc) is 2.32. The molecule has 2 amide bonds. The van der Waals surface area contributed by atoms with Crippen molar-refractivity contribution in [2.45, 2.75) is 26.3 Å². The van der Waals surface area contributed by atoms with Crippen molar-refractivity contribution in [1.29, 1.82) is 0 Å². The molecule has 0 bridgehead atoms. The van der Waals surface area contributed by atoms with Gasteiger partial charge in [0.15, 0.2) is 0 Å². The van der Waals surface area contributed by atoms with Gasteiger partial charge in [0, 0.05) is 18.0 Å². The molecule has 0 saturated carbocycles. The van der Waals surface area contributed by atoms with E-state index in [1.807, 2.05) is 13.8 Å². The van der Waals surface area contributed by atoms with Crippen LogP contribution < -0.4 is 10.6 Å². The van der Waals surface area contributed by atoms with Gasteiger partial charge in [-0.05, 0) is 32.0 Å². The molecule has 0 spiro atoms. The molecule has 0 fully saturated rings. The van der Waals surface area contributed by atoms with Crippen LogP contribution in [-0.4, -0.2) is 23.8 Å². The summed E-state index contributed by atoms with van der Waals surface area (Å²) in [6, 6.07) is 4.88. The minimum atomic E-state index is -0.308. The molecule has 0 atom stereocenters. The van der Waals surface area contributed by atoms with E-state index in [0.717, 1.165) is 5.56 Å². The van der Waals surface area contributed by atoms with E-state index in [1.165, 1.54) is 0 Å². The van der Waals surface area contributed by atoms with Crippen molar-refractivity contribution in [3.05, 3.63) is 28.8 Å². The van der Waals surface area contributed by atoms with Crippen LogP contribution in [0.2, 0.25) is 5.02 Å². The van der Waals surface area contributed by atoms with Crippen LogP contribution in [0.5, 0.6) is 0 Å². The summed E-state index contributed by atoms with van der Waals surface area (Å²) in [7, 11) is 0. The minimum Gasteiger partial charge on any atom is -0.395 e. The van der Waals surface area contributed by atoms with Gasteiger partial charge in [0.25, 0.3) is 0 Å². The summed E-state index contributed by atoms with van der Waals surface area (Å²) in [4.78, 5) is 11.6. The summed E-state index contributed by atoms with van der Waals surface area (Å²) < 4.78 is 0. The fraction of sp³-hybridized carbons (Fsp3) is 0.357. The summed E-state index contributed by atoms with van der Waals surface area (Å²) in [6.07, 6.45) is 0.416.